The van der Waals surface area contributed by atoms with E-state index in [2.05, 4.69) is 15.5 Å². The number of aliphatic hydroxyl groups excluding tert-OH is 1. The second kappa shape index (κ2) is 11.6. The van der Waals surface area contributed by atoms with Crippen LogP contribution < -0.4 is 10.1 Å². The van der Waals surface area contributed by atoms with Crippen molar-refractivity contribution in [1.82, 2.24) is 19.8 Å². The van der Waals surface area contributed by atoms with Gasteiger partial charge in [-0.1, -0.05) is 18.2 Å². The van der Waals surface area contributed by atoms with Crippen LogP contribution in [0, 0.1) is 0 Å². The van der Waals surface area contributed by atoms with Gasteiger partial charge in [-0.15, -0.1) is 0 Å². The highest BCUT2D eigenvalue weighted by atomic mass is 32.2. The van der Waals surface area contributed by atoms with Crippen LogP contribution in [-0.2, 0) is 24.6 Å². The summed E-state index contributed by atoms with van der Waals surface area (Å²) >= 11 is 0. The van der Waals surface area contributed by atoms with Crippen molar-refractivity contribution in [3.63, 3.8) is 0 Å². The Morgan fingerprint density at radius 3 is 2.60 bits per heavy atom. The van der Waals surface area contributed by atoms with E-state index in [0.29, 0.717) is 38.3 Å². The zero-order valence-electron chi connectivity index (χ0n) is 22.2. The summed E-state index contributed by atoms with van der Waals surface area (Å²) in [5.41, 5.74) is 1.22. The van der Waals surface area contributed by atoms with Crippen LogP contribution in [0.1, 0.15) is 19.3 Å². The maximum atomic E-state index is 13.4. The lowest BCUT2D eigenvalue weighted by molar-refractivity contribution is -0.0312. The molecule has 13 heteroatoms. The molecule has 40 heavy (non-hydrogen) atoms. The van der Waals surface area contributed by atoms with Crippen LogP contribution in [0.5, 0.6) is 5.75 Å². The number of aromatic nitrogens is 2. The molecule has 5 rings (SSSR count). The lowest BCUT2D eigenvalue weighted by Crippen LogP contribution is -2.47. The van der Waals surface area contributed by atoms with E-state index in [9.17, 15) is 21.9 Å². The largest absolute Gasteiger partial charge is 0.491 e. The Bertz CT molecular complexity index is 1520. The molecule has 2 aromatic carbocycles. The third-order valence-electron chi connectivity index (χ3n) is 7.46. The third-order valence-corrected chi connectivity index (χ3v) is 10.5. The van der Waals surface area contributed by atoms with Crippen LogP contribution in [0.25, 0.3) is 11.1 Å². The number of hydrogen-bond donors (Lipinski definition) is 3. The van der Waals surface area contributed by atoms with Crippen molar-refractivity contribution >= 4 is 19.9 Å². The molecular weight excluding hydrogens is 556 g/mol. The zero-order chi connectivity index (χ0) is 28.4. The number of sulfone groups is 1. The molecular formula is C27H34N4O7S2. The first-order valence-corrected chi connectivity index (χ1v) is 16.4. The van der Waals surface area contributed by atoms with Gasteiger partial charge in [0.15, 0.2) is 9.84 Å². The van der Waals surface area contributed by atoms with Crippen molar-refractivity contribution in [3.8, 4) is 16.9 Å². The van der Waals surface area contributed by atoms with Gasteiger partial charge >= 0.3 is 0 Å². The molecule has 0 aliphatic carbocycles. The van der Waals surface area contributed by atoms with Crippen LogP contribution in [0.4, 0.5) is 0 Å². The Morgan fingerprint density at radius 2 is 1.88 bits per heavy atom. The Labute approximate surface area is 234 Å². The van der Waals surface area contributed by atoms with E-state index in [-0.39, 0.29) is 29.0 Å². The van der Waals surface area contributed by atoms with Crippen LogP contribution in [-0.4, -0.2) is 93.3 Å². The Kier molecular flexibility index (Phi) is 8.32. The number of aromatic amines is 1. The molecule has 2 aliphatic heterocycles. The minimum absolute atomic E-state index is 0.00749. The van der Waals surface area contributed by atoms with Gasteiger partial charge in [-0.25, -0.2) is 16.8 Å². The van der Waals surface area contributed by atoms with Gasteiger partial charge in [0, 0.05) is 43.7 Å². The average molecular weight is 591 g/mol. The molecule has 11 nitrogen and oxygen atoms in total. The Hall–Kier alpha value is -2.81. The summed E-state index contributed by atoms with van der Waals surface area (Å²) in [7, 11) is -6.99. The summed E-state index contributed by atoms with van der Waals surface area (Å²) in [5, 5.41) is 20.4. The molecule has 3 heterocycles. The van der Waals surface area contributed by atoms with Gasteiger partial charge < -0.3 is 19.9 Å². The summed E-state index contributed by atoms with van der Waals surface area (Å²) in [5.74, 6) is 0.375. The quantitative estimate of drug-likeness (QED) is 0.321. The van der Waals surface area contributed by atoms with Crippen LogP contribution >= 0.6 is 0 Å². The predicted octanol–water partition coefficient (Wildman–Crippen LogP) is 1.82. The molecule has 0 amide bonds. The topological polar surface area (TPSA) is 151 Å². The van der Waals surface area contributed by atoms with Crippen molar-refractivity contribution in [2.75, 3.05) is 39.1 Å². The first kappa shape index (κ1) is 28.7. The highest BCUT2D eigenvalue weighted by Crippen LogP contribution is 2.37. The van der Waals surface area contributed by atoms with E-state index < -0.39 is 31.6 Å². The molecule has 2 atom stereocenters. The molecule has 0 bridgehead atoms. The highest BCUT2D eigenvalue weighted by Gasteiger charge is 2.44. The van der Waals surface area contributed by atoms with Crippen LogP contribution in [0.3, 0.4) is 0 Å². The summed E-state index contributed by atoms with van der Waals surface area (Å²) in [4.78, 5) is 0.418. The van der Waals surface area contributed by atoms with E-state index in [1.54, 1.807) is 42.7 Å². The molecule has 0 saturated carbocycles. The van der Waals surface area contributed by atoms with Gasteiger partial charge in [0.05, 0.1) is 28.2 Å². The Morgan fingerprint density at radius 1 is 1.12 bits per heavy atom. The molecule has 3 N–H and O–H groups in total. The fourth-order valence-electron chi connectivity index (χ4n) is 5.20. The smallest absolute Gasteiger partial charge is 0.243 e. The highest BCUT2D eigenvalue weighted by molar-refractivity contribution is 7.90. The number of benzene rings is 2. The SMILES string of the molecule is CS(=O)(=O)c1cccc(OC[C@@H](O)CNC2COC3(CCN(S(=O)(=O)c4cccc(-c5cn[nH]c5)c4)CC3)C2)c1. The number of nitrogens with zero attached hydrogens (tertiary/aromatic N) is 2. The molecule has 2 fully saturated rings. The second-order valence-corrected chi connectivity index (χ2v) is 14.4. The van der Waals surface area contributed by atoms with Gasteiger partial charge in [-0.3, -0.25) is 5.10 Å². The van der Waals surface area contributed by atoms with Crippen LogP contribution in [0.2, 0.25) is 0 Å². The Balaban J connectivity index is 1.09. The van der Waals surface area contributed by atoms with Crippen molar-refractivity contribution in [3.05, 3.63) is 60.9 Å². The van der Waals surface area contributed by atoms with E-state index in [4.69, 9.17) is 9.47 Å². The first-order chi connectivity index (χ1) is 19.0. The van der Waals surface area contributed by atoms with E-state index >= 15 is 0 Å². The van der Waals surface area contributed by atoms with Gasteiger partial charge in [0.25, 0.3) is 0 Å². The lowest BCUT2D eigenvalue weighted by atomic mass is 9.88. The van der Waals surface area contributed by atoms with Crippen molar-refractivity contribution in [1.29, 1.82) is 0 Å². The van der Waals surface area contributed by atoms with E-state index in [1.807, 2.05) is 6.07 Å². The maximum Gasteiger partial charge on any atom is 0.243 e. The number of nitrogens with one attached hydrogen (secondary N) is 2. The normalized spacial score (nSPS) is 20.5. The summed E-state index contributed by atoms with van der Waals surface area (Å²) < 4.78 is 63.5. The number of rotatable bonds is 10. The summed E-state index contributed by atoms with van der Waals surface area (Å²) in [6.07, 6.45) is 5.62. The van der Waals surface area contributed by atoms with Crippen molar-refractivity contribution in [2.45, 2.75) is 46.8 Å². The fraction of sp³-hybridized carbons (Fsp3) is 0.444. The number of H-pyrrole nitrogens is 1. The van der Waals surface area contributed by atoms with Crippen LogP contribution in [0.15, 0.2) is 70.7 Å². The minimum atomic E-state index is -3.65. The molecule has 216 valence electrons. The van der Waals surface area contributed by atoms with E-state index in [1.165, 1.54) is 16.4 Å². The number of sulfonamides is 1. The molecule has 2 aliphatic rings. The molecule has 1 spiro atoms. The van der Waals surface area contributed by atoms with Gasteiger partial charge in [-0.2, -0.15) is 9.40 Å². The molecule has 2 saturated heterocycles. The first-order valence-electron chi connectivity index (χ1n) is 13.1. The average Bonchev–Trinajstić information content (AvgIpc) is 3.62. The predicted molar refractivity (Wildman–Crippen MR) is 148 cm³/mol. The molecule has 1 aromatic heterocycles. The molecule has 0 radical (unpaired) electrons. The number of ether oxygens (including phenoxy) is 2. The zero-order valence-corrected chi connectivity index (χ0v) is 23.8. The monoisotopic (exact) mass is 590 g/mol. The lowest BCUT2D eigenvalue weighted by Gasteiger charge is -2.38. The van der Waals surface area contributed by atoms with Gasteiger partial charge in [-0.05, 0) is 55.2 Å². The number of piperidine rings is 1. The standard InChI is InChI=1S/C27H34N4O7S2/c1-39(33,34)25-6-3-5-24(13-25)37-19-23(32)17-28-22-14-27(38-18-22)8-10-31(11-9-27)40(35,36)26-7-2-4-20(12-26)21-15-29-30-16-21/h2-7,12-13,15-16,22-23,28,32H,8-11,14,17-19H2,1H3,(H,29,30)/t22?,23-/m0/s1. The van der Waals surface area contributed by atoms with Crippen molar-refractivity contribution < 1.29 is 31.4 Å². The summed E-state index contributed by atoms with van der Waals surface area (Å²) in [6.45, 7) is 1.50. The van der Waals surface area contributed by atoms with Gasteiger partial charge in [0.2, 0.25) is 10.0 Å². The summed E-state index contributed by atoms with van der Waals surface area (Å²) in [6, 6.07) is 13.1. The fourth-order valence-corrected chi connectivity index (χ4v) is 7.34. The minimum Gasteiger partial charge on any atom is -0.491 e. The number of aliphatic hydroxyl groups is 1. The van der Waals surface area contributed by atoms with Crippen molar-refractivity contribution in [2.24, 2.45) is 0 Å². The number of hydrogen-bond acceptors (Lipinski definition) is 9. The molecule has 1 unspecified atom stereocenters. The second-order valence-electron chi connectivity index (χ2n) is 10.4. The maximum absolute atomic E-state index is 13.4. The van der Waals surface area contributed by atoms with E-state index in [0.717, 1.165) is 23.8 Å². The van der Waals surface area contributed by atoms with Gasteiger partial charge in [0.1, 0.15) is 18.5 Å². The third kappa shape index (κ3) is 6.56. The molecule has 3 aromatic rings.